The molecular weight excluding hydrogens is 362 g/mol. The molecule has 0 radical (unpaired) electrons. The molecule has 1 saturated heterocycles. The van der Waals surface area contributed by atoms with Crippen molar-refractivity contribution in [2.75, 3.05) is 28.7 Å². The highest BCUT2D eigenvalue weighted by molar-refractivity contribution is 7.99. The Labute approximate surface area is 151 Å². The van der Waals surface area contributed by atoms with Crippen molar-refractivity contribution in [2.24, 2.45) is 0 Å². The number of amides is 1. The van der Waals surface area contributed by atoms with Gasteiger partial charge in [0, 0.05) is 18.2 Å². The molecule has 1 aliphatic carbocycles. The van der Waals surface area contributed by atoms with Gasteiger partial charge in [-0.3, -0.25) is 4.79 Å². The zero-order valence-corrected chi connectivity index (χ0v) is 15.6. The molecule has 2 heterocycles. The first-order chi connectivity index (χ1) is 11.8. The molecule has 1 amide bonds. The highest BCUT2D eigenvalue weighted by atomic mass is 32.2. The third-order valence-electron chi connectivity index (χ3n) is 4.68. The van der Waals surface area contributed by atoms with Crippen LogP contribution in [-0.2, 0) is 14.6 Å². The number of hydrogen-bond donors (Lipinski definition) is 2. The maximum atomic E-state index is 12.9. The monoisotopic (exact) mass is 385 g/mol. The lowest BCUT2D eigenvalue weighted by Crippen LogP contribution is -2.47. The summed E-state index contributed by atoms with van der Waals surface area (Å²) in [5, 5.41) is 0.358. The molecule has 0 bridgehead atoms. The van der Waals surface area contributed by atoms with Gasteiger partial charge in [-0.25, -0.2) is 18.4 Å². The molecule has 10 heteroatoms. The SMILES string of the molecule is Nc1cc(N)nc(SCC(=O)N(C2CCCC2)C2CCS(=O)(=O)C2)n1. The number of anilines is 2. The van der Waals surface area contributed by atoms with Crippen LogP contribution in [0.3, 0.4) is 0 Å². The molecule has 8 nitrogen and oxygen atoms in total. The van der Waals surface area contributed by atoms with Gasteiger partial charge in [0.15, 0.2) is 15.0 Å². The maximum Gasteiger partial charge on any atom is 0.233 e. The number of carbonyl (C=O) groups excluding carboxylic acids is 1. The highest BCUT2D eigenvalue weighted by Crippen LogP contribution is 2.30. The summed E-state index contributed by atoms with van der Waals surface area (Å²) in [7, 11) is -3.04. The highest BCUT2D eigenvalue weighted by Gasteiger charge is 2.38. The van der Waals surface area contributed by atoms with E-state index in [0.717, 1.165) is 25.7 Å². The predicted octanol–water partition coefficient (Wildman–Crippen LogP) is 0.691. The Balaban J connectivity index is 1.70. The van der Waals surface area contributed by atoms with Gasteiger partial charge in [-0.1, -0.05) is 24.6 Å². The van der Waals surface area contributed by atoms with Crippen molar-refractivity contribution >= 4 is 39.1 Å². The molecule has 1 aromatic heterocycles. The Morgan fingerprint density at radius 2 is 1.80 bits per heavy atom. The second-order valence-electron chi connectivity index (χ2n) is 6.59. The average Bonchev–Trinajstić information content (AvgIpc) is 3.15. The number of nitrogens with two attached hydrogens (primary N) is 2. The van der Waals surface area contributed by atoms with Crippen LogP contribution in [-0.4, -0.2) is 58.5 Å². The number of carbonyl (C=O) groups is 1. The van der Waals surface area contributed by atoms with Gasteiger partial charge in [0.25, 0.3) is 0 Å². The zero-order chi connectivity index (χ0) is 18.0. The largest absolute Gasteiger partial charge is 0.383 e. The van der Waals surface area contributed by atoms with Crippen molar-refractivity contribution in [1.29, 1.82) is 0 Å². The van der Waals surface area contributed by atoms with E-state index in [1.165, 1.54) is 17.8 Å². The van der Waals surface area contributed by atoms with Crippen LogP contribution < -0.4 is 11.5 Å². The molecule has 138 valence electrons. The van der Waals surface area contributed by atoms with E-state index in [2.05, 4.69) is 9.97 Å². The van der Waals surface area contributed by atoms with Crippen molar-refractivity contribution < 1.29 is 13.2 Å². The molecule has 2 fully saturated rings. The van der Waals surface area contributed by atoms with Crippen LogP contribution in [0.15, 0.2) is 11.2 Å². The van der Waals surface area contributed by atoms with Crippen molar-refractivity contribution in [2.45, 2.75) is 49.3 Å². The van der Waals surface area contributed by atoms with Gasteiger partial charge in [0.05, 0.1) is 17.3 Å². The minimum Gasteiger partial charge on any atom is -0.383 e. The Morgan fingerprint density at radius 1 is 1.16 bits per heavy atom. The first kappa shape index (κ1) is 18.2. The summed E-state index contributed by atoms with van der Waals surface area (Å²) in [6.07, 6.45) is 4.56. The lowest BCUT2D eigenvalue weighted by Gasteiger charge is -2.34. The summed E-state index contributed by atoms with van der Waals surface area (Å²) in [6, 6.07) is 1.38. The maximum absolute atomic E-state index is 12.9. The van der Waals surface area contributed by atoms with Gasteiger partial charge in [-0.2, -0.15) is 0 Å². The van der Waals surface area contributed by atoms with Crippen LogP contribution in [0.4, 0.5) is 11.6 Å². The second kappa shape index (κ2) is 7.36. The Bertz CT molecular complexity index is 729. The van der Waals surface area contributed by atoms with Crippen molar-refractivity contribution in [3.63, 3.8) is 0 Å². The molecule has 1 atom stereocenters. The standard InChI is InChI=1S/C15H23N5O3S2/c16-12-7-13(17)19-15(18-12)24-8-14(21)20(10-3-1-2-4-10)11-5-6-25(22,23)9-11/h7,10-11H,1-6,8-9H2,(H4,16,17,18,19). The van der Waals surface area contributed by atoms with Crippen LogP contribution in [0.2, 0.25) is 0 Å². The molecule has 1 aromatic rings. The number of rotatable bonds is 5. The van der Waals surface area contributed by atoms with Gasteiger partial charge in [0.1, 0.15) is 11.6 Å². The molecule has 0 aromatic carbocycles. The second-order valence-corrected chi connectivity index (χ2v) is 9.76. The molecule has 2 aliphatic rings. The van der Waals surface area contributed by atoms with E-state index in [9.17, 15) is 13.2 Å². The fraction of sp³-hybridized carbons (Fsp3) is 0.667. The lowest BCUT2D eigenvalue weighted by molar-refractivity contribution is -0.132. The van der Waals surface area contributed by atoms with E-state index in [1.807, 2.05) is 4.90 Å². The van der Waals surface area contributed by atoms with E-state index in [1.54, 1.807) is 0 Å². The Morgan fingerprint density at radius 3 is 2.36 bits per heavy atom. The number of nitrogen functional groups attached to an aromatic ring is 2. The lowest BCUT2D eigenvalue weighted by atomic mass is 10.1. The smallest absolute Gasteiger partial charge is 0.233 e. The van der Waals surface area contributed by atoms with Gasteiger partial charge < -0.3 is 16.4 Å². The molecule has 1 aliphatic heterocycles. The van der Waals surface area contributed by atoms with Gasteiger partial charge in [-0.15, -0.1) is 0 Å². The van der Waals surface area contributed by atoms with Gasteiger partial charge in [0.2, 0.25) is 5.91 Å². The fourth-order valence-corrected chi connectivity index (χ4v) is 6.06. The molecule has 0 spiro atoms. The number of nitrogens with zero attached hydrogens (tertiary/aromatic N) is 3. The molecule has 1 unspecified atom stereocenters. The molecule has 3 rings (SSSR count). The summed E-state index contributed by atoms with van der Waals surface area (Å²) < 4.78 is 23.7. The number of hydrogen-bond acceptors (Lipinski definition) is 8. The molecule has 25 heavy (non-hydrogen) atoms. The van der Waals surface area contributed by atoms with E-state index in [0.29, 0.717) is 11.6 Å². The number of sulfone groups is 1. The normalized spacial score (nSPS) is 23.0. The van der Waals surface area contributed by atoms with Crippen LogP contribution in [0.1, 0.15) is 32.1 Å². The summed E-state index contributed by atoms with van der Waals surface area (Å²) in [5.74, 6) is 0.839. The summed E-state index contributed by atoms with van der Waals surface area (Å²) >= 11 is 1.18. The van der Waals surface area contributed by atoms with Gasteiger partial charge in [-0.05, 0) is 19.3 Å². The average molecular weight is 386 g/mol. The first-order valence-corrected chi connectivity index (χ1v) is 11.2. The van der Waals surface area contributed by atoms with Crippen LogP contribution in [0.5, 0.6) is 0 Å². The van der Waals surface area contributed by atoms with Crippen molar-refractivity contribution in [1.82, 2.24) is 14.9 Å². The topological polar surface area (TPSA) is 132 Å². The van der Waals surface area contributed by atoms with E-state index >= 15 is 0 Å². The zero-order valence-electron chi connectivity index (χ0n) is 13.9. The third-order valence-corrected chi connectivity index (χ3v) is 7.26. The first-order valence-electron chi connectivity index (χ1n) is 8.38. The summed E-state index contributed by atoms with van der Waals surface area (Å²) in [4.78, 5) is 22.8. The fourth-order valence-electron chi connectivity index (χ4n) is 3.61. The quantitative estimate of drug-likeness (QED) is 0.559. The van der Waals surface area contributed by atoms with Crippen LogP contribution in [0, 0.1) is 0 Å². The van der Waals surface area contributed by atoms with Crippen LogP contribution >= 0.6 is 11.8 Å². The number of aromatic nitrogens is 2. The Hall–Kier alpha value is -1.55. The van der Waals surface area contributed by atoms with E-state index in [4.69, 9.17) is 11.5 Å². The molecule has 1 saturated carbocycles. The van der Waals surface area contributed by atoms with E-state index in [-0.39, 0.29) is 46.9 Å². The van der Waals surface area contributed by atoms with Crippen molar-refractivity contribution in [3.8, 4) is 0 Å². The van der Waals surface area contributed by atoms with E-state index < -0.39 is 9.84 Å². The molecular formula is C15H23N5O3S2. The van der Waals surface area contributed by atoms with Crippen molar-refractivity contribution in [3.05, 3.63) is 6.07 Å². The summed E-state index contributed by atoms with van der Waals surface area (Å²) in [6.45, 7) is 0. The third kappa shape index (κ3) is 4.55. The molecule has 4 N–H and O–H groups in total. The van der Waals surface area contributed by atoms with Gasteiger partial charge >= 0.3 is 0 Å². The summed E-state index contributed by atoms with van der Waals surface area (Å²) in [5.41, 5.74) is 11.3. The Kier molecular flexibility index (Phi) is 5.38. The van der Waals surface area contributed by atoms with Crippen LogP contribution in [0.25, 0.3) is 0 Å². The predicted molar refractivity (Wildman–Crippen MR) is 97.7 cm³/mol. The minimum absolute atomic E-state index is 0.0661. The number of thioether (sulfide) groups is 1. The minimum atomic E-state index is -3.04.